The van der Waals surface area contributed by atoms with Gasteiger partial charge in [0.25, 0.3) is 0 Å². The van der Waals surface area contributed by atoms with Crippen molar-refractivity contribution in [3.63, 3.8) is 0 Å². The molecule has 0 aromatic carbocycles. The first-order valence-electron chi connectivity index (χ1n) is 26.7. The molecule has 3 unspecified atom stereocenters. The molecule has 0 spiro atoms. The molecular weight excluding hydrogens is 885 g/mol. The third kappa shape index (κ3) is 11.5. The van der Waals surface area contributed by atoms with Crippen molar-refractivity contribution in [3.8, 4) is 0 Å². The van der Waals surface area contributed by atoms with E-state index in [2.05, 4.69) is 168 Å². The maximum atomic E-state index is 17.9. The normalized spacial score (nSPS) is 25.1. The van der Waals surface area contributed by atoms with E-state index >= 15 is 4.57 Å². The van der Waals surface area contributed by atoms with Crippen molar-refractivity contribution >= 4 is 48.2 Å². The Kier molecular flexibility index (Phi) is 25.3. The van der Waals surface area contributed by atoms with Crippen molar-refractivity contribution in [3.05, 3.63) is 0 Å². The first-order valence-corrected chi connectivity index (χ1v) is 32.7. The number of nitrogens with zero attached hydrogens (tertiary/aromatic N) is 12. The summed E-state index contributed by atoms with van der Waals surface area (Å²) in [5.74, 6) is 0. The molecule has 3 rings (SSSR count). The highest BCUT2D eigenvalue weighted by molar-refractivity contribution is 7.78. The number of hydrogen-bond donors (Lipinski definition) is 0. The molecule has 3 aliphatic rings. The van der Waals surface area contributed by atoms with Gasteiger partial charge in [0.05, 0.1) is 16.4 Å². The summed E-state index contributed by atoms with van der Waals surface area (Å²) in [5.41, 5.74) is 1.88. The van der Waals surface area contributed by atoms with Crippen LogP contribution in [0.4, 0.5) is 0 Å². The molecular formula is C48H102N12OP4. The zero-order valence-corrected chi connectivity index (χ0v) is 49.1. The molecule has 0 bridgehead atoms. The Balaban J connectivity index is 2.92. The van der Waals surface area contributed by atoms with Crippen molar-refractivity contribution in [2.75, 3.05) is 136 Å². The van der Waals surface area contributed by atoms with E-state index in [0.717, 1.165) is 172 Å². The Morgan fingerprint density at radius 2 is 0.508 bits per heavy atom. The van der Waals surface area contributed by atoms with Gasteiger partial charge in [0.15, 0.2) is 0 Å². The second-order valence-corrected chi connectivity index (χ2v) is 25.6. The fourth-order valence-corrected chi connectivity index (χ4v) is 24.3. The van der Waals surface area contributed by atoms with Gasteiger partial charge in [-0.3, -0.25) is 43.4 Å². The Bertz CT molecular complexity index is 1320. The van der Waals surface area contributed by atoms with Gasteiger partial charge in [-0.2, -0.15) is 14.3 Å². The summed E-state index contributed by atoms with van der Waals surface area (Å²) < 4.78 is 44.1. The summed E-state index contributed by atoms with van der Waals surface area (Å²) in [5, 5.41) is 0. The molecule has 3 fully saturated rings. The van der Waals surface area contributed by atoms with Crippen LogP contribution in [0, 0.1) is 0 Å². The number of hydrogen-bond acceptors (Lipinski definition) is 10. The lowest BCUT2D eigenvalue weighted by molar-refractivity contribution is 0.00874. The van der Waals surface area contributed by atoms with Gasteiger partial charge in [0.1, 0.15) is 17.0 Å². The van der Waals surface area contributed by atoms with E-state index in [4.69, 9.17) is 14.3 Å². The summed E-state index contributed by atoms with van der Waals surface area (Å²) in [6.45, 7) is 57.8. The SMILES string of the molecule is CCN(CC)P1CCC(N(CC)CC)(N(CC)CC)C1=NP(=O)(N=C1P(N(CC)CC)CCC1(N(CC)CC)N(CC)CC)N=C1P(N(CC)CC)CCC1(N(CC)CC)N(CC)CC. The fraction of sp³-hybridized carbons (Fsp3) is 0.938. The minimum Gasteiger partial charge on any atom is -0.281 e. The van der Waals surface area contributed by atoms with Gasteiger partial charge in [0.2, 0.25) is 0 Å². The van der Waals surface area contributed by atoms with Crippen molar-refractivity contribution in [1.82, 2.24) is 43.4 Å². The van der Waals surface area contributed by atoms with Gasteiger partial charge in [-0.05, 0) is 156 Å². The van der Waals surface area contributed by atoms with Crippen molar-refractivity contribution in [1.29, 1.82) is 0 Å². The van der Waals surface area contributed by atoms with E-state index in [1.54, 1.807) is 0 Å². The molecule has 17 heteroatoms. The minimum absolute atomic E-state index is 0.473. The van der Waals surface area contributed by atoms with Crippen LogP contribution in [0.25, 0.3) is 0 Å². The van der Waals surface area contributed by atoms with Crippen LogP contribution < -0.4 is 0 Å². The lowest BCUT2D eigenvalue weighted by Gasteiger charge is -2.50. The Morgan fingerprint density at radius 3 is 0.646 bits per heavy atom. The summed E-state index contributed by atoms with van der Waals surface area (Å²) in [4.78, 5) is 15.9. The van der Waals surface area contributed by atoms with Gasteiger partial charge in [-0.1, -0.05) is 125 Å². The van der Waals surface area contributed by atoms with Crippen LogP contribution in [0.1, 0.15) is 144 Å². The lowest BCUT2D eigenvalue weighted by atomic mass is 10.0. The van der Waals surface area contributed by atoms with Gasteiger partial charge < -0.3 is 0 Å². The fourth-order valence-electron chi connectivity index (χ4n) is 12.3. The molecule has 3 heterocycles. The van der Waals surface area contributed by atoms with Gasteiger partial charge >= 0.3 is 7.59 Å². The molecule has 0 aliphatic carbocycles. The Morgan fingerprint density at radius 1 is 0.338 bits per heavy atom. The van der Waals surface area contributed by atoms with E-state index in [1.165, 1.54) is 0 Å². The molecule has 0 aromatic heterocycles. The van der Waals surface area contributed by atoms with Gasteiger partial charge in [-0.15, -0.1) is 0 Å². The summed E-state index contributed by atoms with van der Waals surface area (Å²) in [6.07, 6.45) is 5.98. The van der Waals surface area contributed by atoms with E-state index in [9.17, 15) is 0 Å². The smallest absolute Gasteiger partial charge is 0.281 e. The third-order valence-corrected chi connectivity index (χ3v) is 25.8. The predicted octanol–water partition coefficient (Wildman–Crippen LogP) is 10.9. The average molecular weight is 987 g/mol. The number of rotatable bonds is 30. The predicted molar refractivity (Wildman–Crippen MR) is 294 cm³/mol. The molecule has 3 atom stereocenters. The average Bonchev–Trinajstić information content (AvgIpc) is 3.98. The molecule has 0 aromatic rings. The Labute approximate surface area is 406 Å². The van der Waals surface area contributed by atoms with Crippen LogP contribution in [-0.2, 0) is 4.57 Å². The third-order valence-electron chi connectivity index (χ3n) is 15.4. The maximum Gasteiger partial charge on any atom is 0.416 e. The van der Waals surface area contributed by atoms with Crippen molar-refractivity contribution < 1.29 is 4.57 Å². The van der Waals surface area contributed by atoms with E-state index in [0.29, 0.717) is 0 Å². The van der Waals surface area contributed by atoms with Crippen molar-refractivity contribution in [2.45, 2.75) is 161 Å². The second-order valence-electron chi connectivity index (χ2n) is 17.3. The zero-order chi connectivity index (χ0) is 48.8. The largest absolute Gasteiger partial charge is 0.416 e. The molecule has 65 heavy (non-hydrogen) atoms. The molecule has 0 radical (unpaired) electrons. The highest BCUT2D eigenvalue weighted by Crippen LogP contribution is 2.68. The monoisotopic (exact) mass is 987 g/mol. The highest BCUT2D eigenvalue weighted by atomic mass is 31.2. The molecule has 380 valence electrons. The van der Waals surface area contributed by atoms with Crippen LogP contribution in [0.2, 0.25) is 0 Å². The molecule has 3 saturated heterocycles. The second kappa shape index (κ2) is 27.7. The lowest BCUT2D eigenvalue weighted by Crippen LogP contribution is -2.63. The van der Waals surface area contributed by atoms with Gasteiger partial charge in [0, 0.05) is 24.2 Å². The summed E-state index contributed by atoms with van der Waals surface area (Å²) in [7, 11) is -6.87. The molecule has 0 amide bonds. The van der Waals surface area contributed by atoms with Crippen LogP contribution in [0.5, 0.6) is 0 Å². The summed E-state index contributed by atoms with van der Waals surface area (Å²) >= 11 is 0. The molecule has 3 aliphatic heterocycles. The van der Waals surface area contributed by atoms with Crippen LogP contribution in [0.15, 0.2) is 14.3 Å². The van der Waals surface area contributed by atoms with Crippen molar-refractivity contribution in [2.24, 2.45) is 14.3 Å². The highest BCUT2D eigenvalue weighted by Gasteiger charge is 2.59. The topological polar surface area (TPSA) is 83.3 Å². The van der Waals surface area contributed by atoms with Crippen LogP contribution >= 0.6 is 31.8 Å². The first kappa shape index (κ1) is 59.5. The first-order chi connectivity index (χ1) is 31.2. The minimum atomic E-state index is -4.19. The quantitative estimate of drug-likeness (QED) is 0.0513. The van der Waals surface area contributed by atoms with E-state index < -0.39 is 48.8 Å². The summed E-state index contributed by atoms with van der Waals surface area (Å²) in [6, 6.07) is 0. The Hall–Kier alpha value is 0.170. The van der Waals surface area contributed by atoms with E-state index in [-0.39, 0.29) is 0 Å². The maximum absolute atomic E-state index is 17.9. The zero-order valence-electron chi connectivity index (χ0n) is 45.5. The molecule has 0 saturated carbocycles. The van der Waals surface area contributed by atoms with E-state index in [1.807, 2.05) is 0 Å². The van der Waals surface area contributed by atoms with Gasteiger partial charge in [-0.25, -0.2) is 4.57 Å². The molecule has 13 nitrogen and oxygen atoms in total. The standard InChI is InChI=1S/C48H102N12OP4/c1-19-52(20-2)46(53(21-3)22-4)37-40-62(58(31-13)32-14)43(46)49-65(61,50-44-47(54(23-5)24-6,55(25-7)26-8)38-41-63(44)59(33-15)34-16)51-45-48(56(27-9)28-10,57(29-11)30-12)39-42-64(45)60(35-17)36-18/h19-42H2,1-18H3. The van der Waals surface area contributed by atoms with Crippen LogP contribution in [0.3, 0.4) is 0 Å². The molecule has 0 N–H and O–H groups in total. The van der Waals surface area contributed by atoms with Crippen LogP contribution in [-0.4, -0.2) is 213 Å².